The summed E-state index contributed by atoms with van der Waals surface area (Å²) >= 11 is 0. The molecule has 0 aliphatic rings. The van der Waals surface area contributed by atoms with Gasteiger partial charge in [-0.2, -0.15) is 0 Å². The first-order valence-electron chi connectivity index (χ1n) is 5.32. The number of nitrogens with zero attached hydrogens (tertiary/aromatic N) is 1. The van der Waals surface area contributed by atoms with Crippen molar-refractivity contribution >= 4 is 17.3 Å². The van der Waals surface area contributed by atoms with Crippen molar-refractivity contribution in [2.75, 3.05) is 11.9 Å². The number of aromatic carboxylic acids is 1. The van der Waals surface area contributed by atoms with Crippen molar-refractivity contribution < 1.29 is 19.2 Å². The van der Waals surface area contributed by atoms with E-state index in [0.29, 0.717) is 19.0 Å². The number of halogens is 1. The number of hydrogen-bond acceptors (Lipinski definition) is 4. The molecule has 19 heavy (non-hydrogen) atoms. The van der Waals surface area contributed by atoms with E-state index in [0.717, 1.165) is 6.07 Å². The number of hydrogen-bond donors (Lipinski definition) is 2. The Kier molecular flexibility index (Phi) is 4.83. The molecule has 0 aromatic heterocycles. The van der Waals surface area contributed by atoms with Crippen molar-refractivity contribution in [2.45, 2.75) is 13.3 Å². The molecule has 1 rings (SSSR count). The van der Waals surface area contributed by atoms with Crippen LogP contribution in [0.5, 0.6) is 0 Å². The summed E-state index contributed by atoms with van der Waals surface area (Å²) in [7, 11) is 0. The Bertz CT molecular complexity index is 575. The molecule has 2 N–H and O–H groups in total. The summed E-state index contributed by atoms with van der Waals surface area (Å²) in [6, 6.07) is 1.51. The molecule has 0 aliphatic heterocycles. The van der Waals surface area contributed by atoms with E-state index in [1.165, 1.54) is 0 Å². The summed E-state index contributed by atoms with van der Waals surface area (Å²) in [6.45, 7) is 1.96. The molecule has 0 unspecified atom stereocenters. The van der Waals surface area contributed by atoms with Crippen LogP contribution in [-0.4, -0.2) is 22.5 Å². The predicted molar refractivity (Wildman–Crippen MR) is 66.6 cm³/mol. The highest BCUT2D eigenvalue weighted by Crippen LogP contribution is 2.27. The average Bonchev–Trinajstić information content (AvgIpc) is 2.33. The highest BCUT2D eigenvalue weighted by Gasteiger charge is 2.21. The molecule has 0 bridgehead atoms. The van der Waals surface area contributed by atoms with Gasteiger partial charge in [0.1, 0.15) is 17.1 Å². The zero-order valence-electron chi connectivity index (χ0n) is 10.1. The summed E-state index contributed by atoms with van der Waals surface area (Å²) in [5.41, 5.74) is -1.28. The van der Waals surface area contributed by atoms with Crippen molar-refractivity contribution in [1.29, 1.82) is 0 Å². The molecule has 0 heterocycles. The lowest BCUT2D eigenvalue weighted by Gasteiger charge is -2.07. The minimum Gasteiger partial charge on any atom is -0.478 e. The van der Waals surface area contributed by atoms with Gasteiger partial charge in [0.15, 0.2) is 0 Å². The summed E-state index contributed by atoms with van der Waals surface area (Å²) in [4.78, 5) is 20.8. The van der Waals surface area contributed by atoms with Crippen LogP contribution >= 0.6 is 0 Å². The van der Waals surface area contributed by atoms with Gasteiger partial charge >= 0.3 is 5.97 Å². The minimum atomic E-state index is -1.55. The number of benzene rings is 1. The van der Waals surface area contributed by atoms with Crippen LogP contribution in [0.25, 0.3) is 0 Å². The molecular formula is C12H11FN2O4. The Balaban J connectivity index is 3.08. The minimum absolute atomic E-state index is 0.0644. The molecule has 100 valence electrons. The number of rotatable bonds is 5. The van der Waals surface area contributed by atoms with Gasteiger partial charge in [-0.3, -0.25) is 10.1 Å². The van der Waals surface area contributed by atoms with Gasteiger partial charge in [0.2, 0.25) is 0 Å². The van der Waals surface area contributed by atoms with Gasteiger partial charge in [-0.1, -0.05) is 0 Å². The molecule has 1 aromatic rings. The fraction of sp³-hybridized carbons (Fsp3) is 0.250. The summed E-state index contributed by atoms with van der Waals surface area (Å²) in [5.74, 6) is 2.81. The maximum Gasteiger partial charge on any atom is 0.338 e. The lowest BCUT2D eigenvalue weighted by atomic mass is 10.1. The summed E-state index contributed by atoms with van der Waals surface area (Å²) < 4.78 is 13.4. The highest BCUT2D eigenvalue weighted by molar-refractivity contribution is 5.90. The third-order valence-electron chi connectivity index (χ3n) is 2.25. The van der Waals surface area contributed by atoms with Crippen molar-refractivity contribution in [3.8, 4) is 11.8 Å². The molecule has 0 aliphatic carbocycles. The number of carbonyl (C=O) groups is 1. The average molecular weight is 266 g/mol. The van der Waals surface area contributed by atoms with Crippen LogP contribution in [0.4, 0.5) is 15.8 Å². The standard InChI is InChI=1S/C12H11FN2O4/c1-2-3-4-5-14-10-7-9(13)8(12(16)17)6-11(10)15(18)19/h6-7,14H,4-5H2,1H3,(H,16,17). The molecule has 0 spiro atoms. The molecular weight excluding hydrogens is 255 g/mol. The molecule has 6 nitrogen and oxygen atoms in total. The summed E-state index contributed by atoms with van der Waals surface area (Å²) in [6.07, 6.45) is 0.440. The maximum atomic E-state index is 13.4. The fourth-order valence-corrected chi connectivity index (χ4v) is 1.40. The Morgan fingerprint density at radius 2 is 2.26 bits per heavy atom. The Labute approximate surface area is 108 Å². The Hall–Kier alpha value is -2.62. The number of carboxylic acids is 1. The van der Waals surface area contributed by atoms with Gasteiger partial charge in [-0.15, -0.1) is 11.8 Å². The zero-order valence-corrected chi connectivity index (χ0v) is 10.1. The van der Waals surface area contributed by atoms with Gasteiger partial charge < -0.3 is 10.4 Å². The molecule has 0 atom stereocenters. The van der Waals surface area contributed by atoms with Gasteiger partial charge in [0.05, 0.1) is 4.92 Å². The first-order chi connectivity index (χ1) is 8.97. The first-order valence-corrected chi connectivity index (χ1v) is 5.32. The maximum absolute atomic E-state index is 13.4. The molecule has 0 amide bonds. The van der Waals surface area contributed by atoms with E-state index in [1.54, 1.807) is 6.92 Å². The molecule has 0 radical (unpaired) electrons. The lowest BCUT2D eigenvalue weighted by Crippen LogP contribution is -2.08. The van der Waals surface area contributed by atoms with Crippen LogP contribution in [0.15, 0.2) is 12.1 Å². The smallest absolute Gasteiger partial charge is 0.338 e. The number of anilines is 1. The second-order valence-electron chi connectivity index (χ2n) is 3.52. The van der Waals surface area contributed by atoms with E-state index < -0.39 is 28.0 Å². The number of nitro groups is 1. The SMILES string of the molecule is CC#CCCNc1cc(F)c(C(=O)O)cc1[N+](=O)[O-]. The topological polar surface area (TPSA) is 92.5 Å². The van der Waals surface area contributed by atoms with Gasteiger partial charge in [-0.05, 0) is 6.92 Å². The number of carboxylic acid groups (broad SMARTS) is 1. The largest absolute Gasteiger partial charge is 0.478 e. The zero-order chi connectivity index (χ0) is 14.4. The Morgan fingerprint density at radius 1 is 1.58 bits per heavy atom. The normalized spacial score (nSPS) is 9.37. The quantitative estimate of drug-likeness (QED) is 0.369. The van der Waals surface area contributed by atoms with E-state index in [1.807, 2.05) is 0 Å². The second-order valence-corrected chi connectivity index (χ2v) is 3.52. The van der Waals surface area contributed by atoms with E-state index in [9.17, 15) is 19.3 Å². The van der Waals surface area contributed by atoms with Gasteiger partial charge in [-0.25, -0.2) is 9.18 Å². The third-order valence-corrected chi connectivity index (χ3v) is 2.25. The van der Waals surface area contributed by atoms with Crippen molar-refractivity contribution in [2.24, 2.45) is 0 Å². The van der Waals surface area contributed by atoms with Crippen LogP contribution in [0, 0.1) is 27.8 Å². The highest BCUT2D eigenvalue weighted by atomic mass is 19.1. The van der Waals surface area contributed by atoms with Crippen molar-refractivity contribution in [3.63, 3.8) is 0 Å². The molecule has 1 aromatic carbocycles. The van der Waals surface area contributed by atoms with Crippen LogP contribution in [-0.2, 0) is 0 Å². The monoisotopic (exact) mass is 266 g/mol. The third kappa shape index (κ3) is 3.67. The van der Waals surface area contributed by atoms with E-state index in [4.69, 9.17) is 5.11 Å². The Morgan fingerprint density at radius 3 is 2.79 bits per heavy atom. The predicted octanol–water partition coefficient (Wildman–Crippen LogP) is 2.26. The van der Waals surface area contributed by atoms with Gasteiger partial charge in [0, 0.05) is 25.1 Å². The van der Waals surface area contributed by atoms with E-state index in [2.05, 4.69) is 17.2 Å². The molecule has 7 heteroatoms. The second kappa shape index (κ2) is 6.35. The fourth-order valence-electron chi connectivity index (χ4n) is 1.40. The number of nitro benzene ring substituents is 1. The molecule has 0 fully saturated rings. The lowest BCUT2D eigenvalue weighted by molar-refractivity contribution is -0.384. The van der Waals surface area contributed by atoms with Crippen LogP contribution < -0.4 is 5.32 Å². The van der Waals surface area contributed by atoms with Crippen LogP contribution in [0.3, 0.4) is 0 Å². The molecule has 0 saturated heterocycles. The van der Waals surface area contributed by atoms with Gasteiger partial charge in [0.25, 0.3) is 5.69 Å². The van der Waals surface area contributed by atoms with E-state index >= 15 is 0 Å². The van der Waals surface area contributed by atoms with Crippen LogP contribution in [0.1, 0.15) is 23.7 Å². The summed E-state index contributed by atoms with van der Waals surface area (Å²) in [5, 5.41) is 22.2. The van der Waals surface area contributed by atoms with Crippen molar-refractivity contribution in [3.05, 3.63) is 33.6 Å². The molecule has 0 saturated carbocycles. The number of nitrogens with one attached hydrogen (secondary N) is 1. The van der Waals surface area contributed by atoms with Crippen molar-refractivity contribution in [1.82, 2.24) is 0 Å². The van der Waals surface area contributed by atoms with E-state index in [-0.39, 0.29) is 5.69 Å². The first kappa shape index (κ1) is 14.4. The van der Waals surface area contributed by atoms with Crippen LogP contribution in [0.2, 0.25) is 0 Å².